The molecule has 0 aromatic heterocycles. The van der Waals surface area contributed by atoms with Gasteiger partial charge in [-0.05, 0) is 109 Å². The van der Waals surface area contributed by atoms with Gasteiger partial charge in [-0.1, -0.05) is 121 Å². The van der Waals surface area contributed by atoms with Crippen LogP contribution in [0.3, 0.4) is 0 Å². The molecule has 1 aliphatic heterocycles. The van der Waals surface area contributed by atoms with Crippen molar-refractivity contribution in [3.63, 3.8) is 0 Å². The maximum atomic E-state index is 10.5. The first-order chi connectivity index (χ1) is 29.9. The van der Waals surface area contributed by atoms with Gasteiger partial charge in [0.2, 0.25) is 0 Å². The van der Waals surface area contributed by atoms with Gasteiger partial charge in [-0.2, -0.15) is 0 Å². The second-order valence-electron chi connectivity index (χ2n) is 15.5. The van der Waals surface area contributed by atoms with Crippen LogP contribution in [0.2, 0.25) is 0 Å². The molecule has 0 radical (unpaired) electrons. The highest BCUT2D eigenvalue weighted by molar-refractivity contribution is 6.63. The van der Waals surface area contributed by atoms with Crippen LogP contribution in [-0.2, 0) is 5.41 Å². The van der Waals surface area contributed by atoms with E-state index in [1.807, 2.05) is 42.5 Å². The third-order valence-corrected chi connectivity index (χ3v) is 11.9. The van der Waals surface area contributed by atoms with Crippen LogP contribution in [-0.4, -0.2) is 44.9 Å². The largest absolute Gasteiger partial charge is 0.632 e. The molecule has 1 heterocycles. The van der Waals surface area contributed by atoms with Gasteiger partial charge in [-0.15, -0.1) is 0 Å². The molecule has 1 spiro atoms. The number of benzene rings is 8. The lowest BCUT2D eigenvalue weighted by atomic mass is 9.66. The lowest BCUT2D eigenvalue weighted by Crippen LogP contribution is -2.40. The molecule has 0 fully saturated rings. The van der Waals surface area contributed by atoms with Gasteiger partial charge < -0.3 is 38.6 Å². The molecule has 3 N–H and O–H groups in total. The van der Waals surface area contributed by atoms with Crippen molar-refractivity contribution in [3.8, 4) is 68.2 Å². The van der Waals surface area contributed by atoms with Gasteiger partial charge in [0.05, 0.1) is 5.41 Å². The summed E-state index contributed by atoms with van der Waals surface area (Å²) in [6.07, 6.45) is 0. The second-order valence-corrected chi connectivity index (χ2v) is 15.5. The predicted molar refractivity (Wildman–Crippen MR) is 242 cm³/mol. The average Bonchev–Trinajstić information content (AvgIpc) is 3.94. The van der Waals surface area contributed by atoms with Crippen LogP contribution in [0.5, 0.6) is 46.0 Å². The minimum absolute atomic E-state index is 0.0781. The molecule has 0 saturated carbocycles. The third-order valence-electron chi connectivity index (χ3n) is 11.9. The topological polar surface area (TPSA) is 107 Å². The van der Waals surface area contributed by atoms with Crippen molar-refractivity contribution in [2.45, 2.75) is 5.41 Å². The molecular formula is C49H34B4O8. The summed E-state index contributed by atoms with van der Waals surface area (Å²) in [5, 5.41) is 31.6. The van der Waals surface area contributed by atoms with Gasteiger partial charge in [-0.3, -0.25) is 0 Å². The van der Waals surface area contributed by atoms with E-state index in [1.165, 1.54) is 0 Å². The summed E-state index contributed by atoms with van der Waals surface area (Å²) in [6.45, 7) is 0. The van der Waals surface area contributed by atoms with Crippen molar-refractivity contribution in [3.05, 3.63) is 192 Å². The van der Waals surface area contributed by atoms with Crippen LogP contribution in [0.4, 0.5) is 0 Å². The molecule has 8 aromatic carbocycles. The first-order valence-electron chi connectivity index (χ1n) is 20.1. The lowest BCUT2D eigenvalue weighted by molar-refractivity contribution is 0.444. The number of fused-ring (bicyclic) bond motifs is 11. The molecule has 0 unspecified atom stereocenters. The minimum atomic E-state index is -0.836. The van der Waals surface area contributed by atoms with Crippen molar-refractivity contribution < 1.29 is 38.6 Å². The summed E-state index contributed by atoms with van der Waals surface area (Å²) in [5.41, 5.74) is 11.4. The van der Waals surface area contributed by atoms with Gasteiger partial charge in [0, 0.05) is 5.46 Å². The Bertz CT molecular complexity index is 2820. The van der Waals surface area contributed by atoms with E-state index in [2.05, 4.69) is 72.8 Å². The summed E-state index contributed by atoms with van der Waals surface area (Å²) in [6, 6.07) is 54.5. The molecule has 12 heteroatoms. The van der Waals surface area contributed by atoms with E-state index in [0.29, 0.717) is 28.7 Å². The third kappa shape index (κ3) is 6.13. The Kier molecular flexibility index (Phi) is 8.74. The number of rotatable bonds is 10. The minimum Gasteiger partial charge on any atom is -0.557 e. The number of para-hydroxylation sites is 8. The molecule has 0 atom stereocenters. The van der Waals surface area contributed by atoms with E-state index in [-0.39, 0.29) is 39.7 Å². The Morgan fingerprint density at radius 2 is 0.738 bits per heavy atom. The fraction of sp³-hybridized carbons (Fsp3) is 0.0204. The van der Waals surface area contributed by atoms with Crippen LogP contribution in [0.15, 0.2) is 170 Å². The van der Waals surface area contributed by atoms with Crippen LogP contribution >= 0.6 is 0 Å². The van der Waals surface area contributed by atoms with Crippen LogP contribution in [0.25, 0.3) is 22.3 Å². The van der Waals surface area contributed by atoms with Crippen LogP contribution < -0.4 is 45.1 Å². The molecule has 11 rings (SSSR count). The maximum absolute atomic E-state index is 10.5. The van der Waals surface area contributed by atoms with Gasteiger partial charge >= 0.3 is 29.6 Å². The monoisotopic (exact) mass is 794 g/mol. The number of phenolic OH excluding ortho intramolecular Hbond substituents is 3. The Morgan fingerprint density at radius 3 is 1.13 bits per heavy atom. The van der Waals surface area contributed by atoms with E-state index in [9.17, 15) is 15.3 Å². The van der Waals surface area contributed by atoms with E-state index in [1.54, 1.807) is 54.6 Å². The zero-order valence-corrected chi connectivity index (χ0v) is 32.7. The van der Waals surface area contributed by atoms with Crippen molar-refractivity contribution in [2.24, 2.45) is 0 Å². The van der Waals surface area contributed by atoms with Crippen molar-refractivity contribution in [2.75, 3.05) is 0 Å². The van der Waals surface area contributed by atoms with Crippen LogP contribution in [0.1, 0.15) is 22.3 Å². The average molecular weight is 794 g/mol. The van der Waals surface area contributed by atoms with Gasteiger partial charge in [-0.25, -0.2) is 0 Å². The number of hydrogen-bond donors (Lipinski definition) is 3. The second kappa shape index (κ2) is 14.6. The van der Waals surface area contributed by atoms with E-state index < -0.39 is 12.5 Å². The Morgan fingerprint density at radius 1 is 0.393 bits per heavy atom. The molecule has 0 saturated heterocycles. The molecule has 8 aromatic rings. The summed E-state index contributed by atoms with van der Waals surface area (Å²) in [5.74, 6) is 2.84. The highest BCUT2D eigenvalue weighted by Crippen LogP contribution is 2.62. The van der Waals surface area contributed by atoms with Gasteiger partial charge in [0.25, 0.3) is 0 Å². The molecule has 3 aliphatic rings. The van der Waals surface area contributed by atoms with E-state index in [4.69, 9.17) is 23.3 Å². The molecular weight excluding hydrogens is 760 g/mol. The smallest absolute Gasteiger partial charge is 0.557 e. The summed E-state index contributed by atoms with van der Waals surface area (Å²) in [7, 11) is 0.0378. The number of aromatic hydroxyl groups is 3. The molecule has 61 heavy (non-hydrogen) atoms. The normalized spacial score (nSPS) is 13.1. The molecule has 0 bridgehead atoms. The first kappa shape index (κ1) is 36.5. The van der Waals surface area contributed by atoms with Crippen molar-refractivity contribution in [1.82, 2.24) is 0 Å². The Labute approximate surface area is 354 Å². The SMILES string of the molecule is Oc1ccccc1OBc1ccc2c(c1)C1(c3cc(BOc4ccccc4O)ccc3-2)c2cc(BOc3ccccc3O)ccc2-c2ccc(B3Oc4ccccc4O3)cc21. The highest BCUT2D eigenvalue weighted by Gasteiger charge is 2.53. The molecule has 2 aliphatic carbocycles. The number of hydrogen-bond acceptors (Lipinski definition) is 8. The quantitative estimate of drug-likeness (QED) is 0.157. The fourth-order valence-corrected chi connectivity index (χ4v) is 9.06. The van der Waals surface area contributed by atoms with Crippen molar-refractivity contribution >= 4 is 51.4 Å². The molecule has 0 amide bonds. The predicted octanol–water partition coefficient (Wildman–Crippen LogP) is 5.48. The van der Waals surface area contributed by atoms with Gasteiger partial charge in [0.15, 0.2) is 17.2 Å². The summed E-state index contributed by atoms with van der Waals surface area (Å²) < 4.78 is 31.4. The zero-order chi connectivity index (χ0) is 41.1. The standard InChI is InChI=1S/C49H34B4O8/c54-41-9-1-4-12-44(41)57-50-29-17-21-33-34-22-18-30(51-58-45-13-5-2-10-42(45)55)26-38(34)49(37(33)25-29)39-27-31(52-59-46-14-6-3-11-43(46)56)19-23-35(39)36-24-20-32(28-40(36)49)53-60-47-15-7-8-16-48(47)61-53/h1-28,50-52,54-56H. The Balaban J connectivity index is 1.09. The van der Waals surface area contributed by atoms with E-state index in [0.717, 1.165) is 66.4 Å². The molecule has 290 valence electrons. The summed E-state index contributed by atoms with van der Waals surface area (Å²) in [4.78, 5) is 0. The summed E-state index contributed by atoms with van der Waals surface area (Å²) >= 11 is 0. The highest BCUT2D eigenvalue weighted by atomic mass is 16.6. The van der Waals surface area contributed by atoms with E-state index >= 15 is 0 Å². The first-order valence-corrected chi connectivity index (χ1v) is 20.1. The lowest BCUT2D eigenvalue weighted by Gasteiger charge is -2.31. The van der Waals surface area contributed by atoms with Crippen LogP contribution in [0, 0.1) is 0 Å². The zero-order valence-electron chi connectivity index (χ0n) is 32.7. The van der Waals surface area contributed by atoms with Gasteiger partial charge in [0.1, 0.15) is 28.7 Å². The molecule has 8 nitrogen and oxygen atoms in total. The fourth-order valence-electron chi connectivity index (χ4n) is 9.06. The maximum Gasteiger partial charge on any atom is 0.632 e. The number of phenols is 3. The van der Waals surface area contributed by atoms with Crippen molar-refractivity contribution in [1.29, 1.82) is 0 Å². The Hall–Kier alpha value is -7.58.